The Balaban J connectivity index is 3.27. The molecule has 0 saturated carbocycles. The van der Waals surface area contributed by atoms with Crippen LogP contribution in [0, 0.1) is 0 Å². The molecule has 154 valence electrons. The molecule has 1 aliphatic heterocycles. The van der Waals surface area contributed by atoms with Gasteiger partial charge in [0, 0.05) is 27.7 Å². The predicted octanol–water partition coefficient (Wildman–Crippen LogP) is 0.0675. The predicted molar refractivity (Wildman–Crippen MR) is 90.2 cm³/mol. The third-order valence-corrected chi connectivity index (χ3v) is 3.48. The molecule has 0 radical (unpaired) electrons. The minimum Gasteiger partial charge on any atom is -0.463 e. The molecule has 1 amide bonds. The van der Waals surface area contributed by atoms with E-state index in [4.69, 9.17) is 23.7 Å². The van der Waals surface area contributed by atoms with E-state index in [-0.39, 0.29) is 12.7 Å². The highest BCUT2D eigenvalue weighted by atomic mass is 16.7. The molecule has 1 N–H and O–H groups in total. The summed E-state index contributed by atoms with van der Waals surface area (Å²) in [5, 5.41) is 2.62. The number of hydrogen-bond donors (Lipinski definition) is 1. The van der Waals surface area contributed by atoms with E-state index >= 15 is 0 Å². The van der Waals surface area contributed by atoms with Crippen LogP contribution in [-0.4, -0.2) is 67.2 Å². The molecule has 0 aromatic carbocycles. The van der Waals surface area contributed by atoms with E-state index in [1.807, 2.05) is 0 Å². The number of ether oxygens (including phenoxy) is 5. The standard InChI is InChI=1S/C17H27NO9/c1-8(2)24-17-14(18-9(3)19)16(26-12(6)22)15(25-11(5)21)13(27-17)7-23-10(4)20/h8,13-17H,7H2,1-6H3,(H,18,19)/t13-,14-,15-,16-,17?/m1/s1. The fraction of sp³-hybridized carbons (Fsp3) is 0.765. The Kier molecular flexibility index (Phi) is 8.64. The number of carbonyl (C=O) groups is 4. The Morgan fingerprint density at radius 3 is 1.93 bits per heavy atom. The largest absolute Gasteiger partial charge is 0.463 e. The van der Waals surface area contributed by atoms with Crippen molar-refractivity contribution in [2.45, 2.75) is 78.3 Å². The molecule has 0 aromatic rings. The van der Waals surface area contributed by atoms with Gasteiger partial charge in [0.05, 0.1) is 6.10 Å². The Morgan fingerprint density at radius 2 is 1.48 bits per heavy atom. The molecule has 1 fully saturated rings. The number of rotatable bonds is 7. The van der Waals surface area contributed by atoms with Gasteiger partial charge >= 0.3 is 17.9 Å². The van der Waals surface area contributed by atoms with Gasteiger partial charge in [-0.3, -0.25) is 19.2 Å². The van der Waals surface area contributed by atoms with Gasteiger partial charge in [-0.1, -0.05) is 0 Å². The maximum Gasteiger partial charge on any atom is 0.303 e. The Hall–Kier alpha value is -2.20. The lowest BCUT2D eigenvalue weighted by Crippen LogP contribution is -2.66. The number of nitrogens with one attached hydrogen (secondary N) is 1. The minimum atomic E-state index is -1.12. The summed E-state index contributed by atoms with van der Waals surface area (Å²) in [6.07, 6.45) is -4.49. The summed E-state index contributed by atoms with van der Waals surface area (Å²) in [7, 11) is 0. The van der Waals surface area contributed by atoms with Crippen LogP contribution in [0.3, 0.4) is 0 Å². The fourth-order valence-electron chi connectivity index (χ4n) is 2.68. The third-order valence-electron chi connectivity index (χ3n) is 3.48. The van der Waals surface area contributed by atoms with Crippen molar-refractivity contribution in [3.8, 4) is 0 Å². The first kappa shape index (κ1) is 22.8. The fourth-order valence-corrected chi connectivity index (χ4v) is 2.68. The summed E-state index contributed by atoms with van der Waals surface area (Å²) in [6.45, 7) is 8.12. The van der Waals surface area contributed by atoms with Gasteiger partial charge in [0.1, 0.15) is 18.8 Å². The zero-order valence-corrected chi connectivity index (χ0v) is 16.3. The maximum absolute atomic E-state index is 11.7. The van der Waals surface area contributed by atoms with Gasteiger partial charge < -0.3 is 29.0 Å². The molecule has 0 aromatic heterocycles. The van der Waals surface area contributed by atoms with E-state index in [0.29, 0.717) is 0 Å². The van der Waals surface area contributed by atoms with Crippen molar-refractivity contribution in [2.75, 3.05) is 6.61 Å². The molecule has 1 unspecified atom stereocenters. The quantitative estimate of drug-likeness (QED) is 0.475. The van der Waals surface area contributed by atoms with Crippen molar-refractivity contribution in [1.29, 1.82) is 0 Å². The van der Waals surface area contributed by atoms with Crippen molar-refractivity contribution in [2.24, 2.45) is 0 Å². The summed E-state index contributed by atoms with van der Waals surface area (Å²) >= 11 is 0. The first-order valence-corrected chi connectivity index (χ1v) is 8.57. The normalized spacial score (nSPS) is 27.6. The highest BCUT2D eigenvalue weighted by Gasteiger charge is 2.51. The Labute approximate surface area is 157 Å². The maximum atomic E-state index is 11.7. The molecule has 1 heterocycles. The van der Waals surface area contributed by atoms with Crippen LogP contribution in [0.2, 0.25) is 0 Å². The highest BCUT2D eigenvalue weighted by molar-refractivity contribution is 5.73. The molecule has 1 saturated heterocycles. The monoisotopic (exact) mass is 389 g/mol. The summed E-state index contributed by atoms with van der Waals surface area (Å²) in [6, 6.07) is -0.938. The zero-order valence-electron chi connectivity index (χ0n) is 16.3. The van der Waals surface area contributed by atoms with Crippen LogP contribution in [-0.2, 0) is 42.9 Å². The van der Waals surface area contributed by atoms with Crippen molar-refractivity contribution in [1.82, 2.24) is 5.32 Å². The van der Waals surface area contributed by atoms with Gasteiger partial charge in [-0.05, 0) is 13.8 Å². The molecule has 1 rings (SSSR count). The molecule has 5 atom stereocenters. The number of esters is 3. The lowest BCUT2D eigenvalue weighted by atomic mass is 9.96. The number of amides is 1. The minimum absolute atomic E-state index is 0.254. The van der Waals surface area contributed by atoms with Crippen LogP contribution in [0.5, 0.6) is 0 Å². The molecule has 10 heteroatoms. The SMILES string of the molecule is CC(=O)N[C@H]1C(OC(C)C)O[C@H](COC(C)=O)[C@@H](OC(C)=O)[C@@H]1OC(C)=O. The number of carbonyl (C=O) groups excluding carboxylic acids is 4. The molecular weight excluding hydrogens is 362 g/mol. The van der Waals surface area contributed by atoms with E-state index in [2.05, 4.69) is 5.32 Å². The first-order chi connectivity index (χ1) is 12.5. The van der Waals surface area contributed by atoms with Crippen LogP contribution in [0.25, 0.3) is 0 Å². The molecule has 1 aliphatic rings. The van der Waals surface area contributed by atoms with Crippen molar-refractivity contribution in [3.63, 3.8) is 0 Å². The van der Waals surface area contributed by atoms with E-state index in [9.17, 15) is 19.2 Å². The summed E-state index contributed by atoms with van der Waals surface area (Å²) in [5.41, 5.74) is 0. The van der Waals surface area contributed by atoms with Gasteiger partial charge in [0.15, 0.2) is 18.5 Å². The first-order valence-electron chi connectivity index (χ1n) is 8.57. The van der Waals surface area contributed by atoms with Crippen molar-refractivity contribution in [3.05, 3.63) is 0 Å². The summed E-state index contributed by atoms with van der Waals surface area (Å²) < 4.78 is 27.1. The lowest BCUT2D eigenvalue weighted by Gasteiger charge is -2.45. The average Bonchev–Trinajstić information content (AvgIpc) is 2.49. The topological polar surface area (TPSA) is 126 Å². The summed E-state index contributed by atoms with van der Waals surface area (Å²) in [4.78, 5) is 46.0. The van der Waals surface area contributed by atoms with Crippen LogP contribution in [0.1, 0.15) is 41.5 Å². The Bertz CT molecular complexity index is 563. The second-order valence-electron chi connectivity index (χ2n) is 6.40. The molecule has 10 nitrogen and oxygen atoms in total. The molecule has 0 bridgehead atoms. The smallest absolute Gasteiger partial charge is 0.303 e. The van der Waals surface area contributed by atoms with Crippen LogP contribution in [0.15, 0.2) is 0 Å². The van der Waals surface area contributed by atoms with Gasteiger partial charge in [0.25, 0.3) is 0 Å². The van der Waals surface area contributed by atoms with Crippen molar-refractivity contribution < 1.29 is 42.9 Å². The second-order valence-corrected chi connectivity index (χ2v) is 6.40. The molecule has 0 spiro atoms. The second kappa shape index (κ2) is 10.2. The van der Waals surface area contributed by atoms with Gasteiger partial charge in [0.2, 0.25) is 5.91 Å². The van der Waals surface area contributed by atoms with E-state index < -0.39 is 54.5 Å². The molecular formula is C17H27NO9. The van der Waals surface area contributed by atoms with E-state index in [0.717, 1.165) is 0 Å². The van der Waals surface area contributed by atoms with E-state index in [1.165, 1.54) is 27.7 Å². The zero-order chi connectivity index (χ0) is 20.7. The molecule has 0 aliphatic carbocycles. The average molecular weight is 389 g/mol. The van der Waals surface area contributed by atoms with Gasteiger partial charge in [-0.2, -0.15) is 0 Å². The van der Waals surface area contributed by atoms with Gasteiger partial charge in [-0.25, -0.2) is 0 Å². The third kappa shape index (κ3) is 7.51. The highest BCUT2D eigenvalue weighted by Crippen LogP contribution is 2.28. The lowest BCUT2D eigenvalue weighted by molar-refractivity contribution is -0.285. The Morgan fingerprint density at radius 1 is 0.926 bits per heavy atom. The van der Waals surface area contributed by atoms with Crippen LogP contribution in [0.4, 0.5) is 0 Å². The van der Waals surface area contributed by atoms with Crippen LogP contribution < -0.4 is 5.32 Å². The van der Waals surface area contributed by atoms with Crippen LogP contribution >= 0.6 is 0 Å². The molecule has 27 heavy (non-hydrogen) atoms. The number of hydrogen-bond acceptors (Lipinski definition) is 9. The van der Waals surface area contributed by atoms with Gasteiger partial charge in [-0.15, -0.1) is 0 Å². The van der Waals surface area contributed by atoms with E-state index in [1.54, 1.807) is 13.8 Å². The van der Waals surface area contributed by atoms with Crippen molar-refractivity contribution >= 4 is 23.8 Å². The summed E-state index contributed by atoms with van der Waals surface area (Å²) in [5.74, 6) is -2.28.